The van der Waals surface area contributed by atoms with Crippen molar-refractivity contribution in [3.8, 4) is 0 Å². The second-order valence-electron chi connectivity index (χ2n) is 4.06. The molecule has 4 heteroatoms. The maximum atomic E-state index is 12.0. The van der Waals surface area contributed by atoms with Gasteiger partial charge in [0.2, 0.25) is 0 Å². The first-order chi connectivity index (χ1) is 8.56. The van der Waals surface area contributed by atoms with Crippen molar-refractivity contribution < 1.29 is 4.79 Å². The van der Waals surface area contributed by atoms with Gasteiger partial charge >= 0.3 is 0 Å². The summed E-state index contributed by atoms with van der Waals surface area (Å²) in [5.41, 5.74) is 8.39. The van der Waals surface area contributed by atoms with E-state index >= 15 is 0 Å². The topological polar surface area (TPSA) is 55.1 Å². The third-order valence-electron chi connectivity index (χ3n) is 2.53. The number of halogens is 1. The molecule has 0 saturated carbocycles. The van der Waals surface area contributed by atoms with E-state index in [2.05, 4.69) is 5.32 Å². The summed E-state index contributed by atoms with van der Waals surface area (Å²) in [6.07, 6.45) is 0. The molecule has 0 radical (unpaired) electrons. The molecule has 3 N–H and O–H groups in total. The zero-order valence-electron chi connectivity index (χ0n) is 9.91. The smallest absolute Gasteiger partial charge is 0.255 e. The molecule has 18 heavy (non-hydrogen) atoms. The maximum Gasteiger partial charge on any atom is 0.255 e. The molecule has 0 aromatic heterocycles. The number of anilines is 2. The summed E-state index contributed by atoms with van der Waals surface area (Å²) in [7, 11) is 0. The van der Waals surface area contributed by atoms with Gasteiger partial charge in [-0.25, -0.2) is 0 Å². The Morgan fingerprint density at radius 1 is 1.22 bits per heavy atom. The second-order valence-corrected chi connectivity index (χ2v) is 4.47. The number of nitrogens with one attached hydrogen (secondary N) is 1. The Hall–Kier alpha value is -2.00. The molecular formula is C14H13ClN2O. The number of hydrogen-bond acceptors (Lipinski definition) is 2. The standard InChI is InChI=1S/C14H13ClN2O/c1-9-3-2-4-11(7-9)17-14(18)10-5-6-12(15)13(16)8-10/h2-8H,16H2,1H3,(H,17,18). The number of amides is 1. The molecular weight excluding hydrogens is 248 g/mol. The molecule has 0 unspecified atom stereocenters. The van der Waals surface area contributed by atoms with Crippen LogP contribution in [0.4, 0.5) is 11.4 Å². The number of aryl methyl sites for hydroxylation is 1. The van der Waals surface area contributed by atoms with Gasteiger partial charge < -0.3 is 11.1 Å². The SMILES string of the molecule is Cc1cccc(NC(=O)c2ccc(Cl)c(N)c2)c1. The molecule has 2 rings (SSSR count). The molecule has 0 fully saturated rings. The van der Waals surface area contributed by atoms with Crippen molar-refractivity contribution in [3.63, 3.8) is 0 Å². The highest BCUT2D eigenvalue weighted by atomic mass is 35.5. The van der Waals surface area contributed by atoms with Gasteiger partial charge in [-0.15, -0.1) is 0 Å². The fourth-order valence-electron chi connectivity index (χ4n) is 1.61. The van der Waals surface area contributed by atoms with Gasteiger partial charge in [-0.05, 0) is 42.8 Å². The molecule has 2 aromatic carbocycles. The lowest BCUT2D eigenvalue weighted by Crippen LogP contribution is -2.12. The van der Waals surface area contributed by atoms with Crippen molar-refractivity contribution in [2.75, 3.05) is 11.1 Å². The van der Waals surface area contributed by atoms with Crippen LogP contribution in [0.1, 0.15) is 15.9 Å². The Morgan fingerprint density at radius 2 is 2.00 bits per heavy atom. The number of rotatable bonds is 2. The monoisotopic (exact) mass is 260 g/mol. The number of nitrogen functional groups attached to an aromatic ring is 1. The molecule has 92 valence electrons. The summed E-state index contributed by atoms with van der Waals surface area (Å²) < 4.78 is 0. The van der Waals surface area contributed by atoms with E-state index < -0.39 is 0 Å². The Labute approximate surface area is 111 Å². The highest BCUT2D eigenvalue weighted by Gasteiger charge is 2.07. The van der Waals surface area contributed by atoms with Gasteiger partial charge in [0.25, 0.3) is 5.91 Å². The van der Waals surface area contributed by atoms with Crippen LogP contribution in [0.25, 0.3) is 0 Å². The number of carbonyl (C=O) groups excluding carboxylic acids is 1. The zero-order chi connectivity index (χ0) is 13.1. The minimum absolute atomic E-state index is 0.205. The van der Waals surface area contributed by atoms with Gasteiger partial charge in [-0.2, -0.15) is 0 Å². The highest BCUT2D eigenvalue weighted by molar-refractivity contribution is 6.33. The van der Waals surface area contributed by atoms with E-state index in [1.54, 1.807) is 18.2 Å². The lowest BCUT2D eigenvalue weighted by atomic mass is 10.1. The van der Waals surface area contributed by atoms with Crippen LogP contribution in [-0.2, 0) is 0 Å². The number of hydrogen-bond donors (Lipinski definition) is 2. The molecule has 0 aliphatic rings. The van der Waals surface area contributed by atoms with Crippen LogP contribution >= 0.6 is 11.6 Å². The summed E-state index contributed by atoms with van der Waals surface area (Å²) in [5, 5.41) is 3.25. The highest BCUT2D eigenvalue weighted by Crippen LogP contribution is 2.20. The summed E-state index contributed by atoms with van der Waals surface area (Å²) in [5.74, 6) is -0.205. The van der Waals surface area contributed by atoms with Gasteiger partial charge in [0.1, 0.15) is 0 Å². The van der Waals surface area contributed by atoms with Crippen LogP contribution in [0.15, 0.2) is 42.5 Å². The largest absolute Gasteiger partial charge is 0.398 e. The van der Waals surface area contributed by atoms with E-state index in [0.717, 1.165) is 11.3 Å². The van der Waals surface area contributed by atoms with Crippen LogP contribution in [0.3, 0.4) is 0 Å². The number of benzene rings is 2. The molecule has 0 spiro atoms. The summed E-state index contributed by atoms with van der Waals surface area (Å²) >= 11 is 5.81. The van der Waals surface area contributed by atoms with Crippen LogP contribution in [0.5, 0.6) is 0 Å². The van der Waals surface area contributed by atoms with Gasteiger partial charge in [-0.1, -0.05) is 23.7 Å². The minimum atomic E-state index is -0.205. The first-order valence-corrected chi connectivity index (χ1v) is 5.87. The molecule has 0 aliphatic carbocycles. The first kappa shape index (κ1) is 12.5. The summed E-state index contributed by atoms with van der Waals surface area (Å²) in [6.45, 7) is 1.97. The van der Waals surface area contributed by atoms with E-state index in [-0.39, 0.29) is 5.91 Å². The van der Waals surface area contributed by atoms with Crippen molar-refractivity contribution in [2.24, 2.45) is 0 Å². The summed E-state index contributed by atoms with van der Waals surface area (Å²) in [4.78, 5) is 12.0. The third-order valence-corrected chi connectivity index (χ3v) is 2.88. The van der Waals surface area contributed by atoms with Crippen LogP contribution in [-0.4, -0.2) is 5.91 Å². The van der Waals surface area contributed by atoms with E-state index in [4.69, 9.17) is 17.3 Å². The number of carbonyl (C=O) groups is 1. The lowest BCUT2D eigenvalue weighted by Gasteiger charge is -2.07. The predicted octanol–water partition coefficient (Wildman–Crippen LogP) is 3.48. The van der Waals surface area contributed by atoms with Gasteiger partial charge in [0.05, 0.1) is 10.7 Å². The van der Waals surface area contributed by atoms with Crippen molar-refractivity contribution in [1.29, 1.82) is 0 Å². The van der Waals surface area contributed by atoms with E-state index in [1.165, 1.54) is 0 Å². The quantitative estimate of drug-likeness (QED) is 0.812. The Bertz CT molecular complexity index is 596. The minimum Gasteiger partial charge on any atom is -0.398 e. The van der Waals surface area contributed by atoms with E-state index in [1.807, 2.05) is 31.2 Å². The molecule has 3 nitrogen and oxygen atoms in total. The van der Waals surface area contributed by atoms with Crippen molar-refractivity contribution >= 4 is 28.9 Å². The van der Waals surface area contributed by atoms with Gasteiger partial charge in [0.15, 0.2) is 0 Å². The maximum absolute atomic E-state index is 12.0. The first-order valence-electron chi connectivity index (χ1n) is 5.49. The molecule has 0 atom stereocenters. The van der Waals surface area contributed by atoms with E-state index in [9.17, 15) is 4.79 Å². The molecule has 0 bridgehead atoms. The van der Waals surface area contributed by atoms with Crippen molar-refractivity contribution in [3.05, 3.63) is 58.6 Å². The van der Waals surface area contributed by atoms with Crippen LogP contribution < -0.4 is 11.1 Å². The third kappa shape index (κ3) is 2.81. The zero-order valence-corrected chi connectivity index (χ0v) is 10.7. The molecule has 0 aliphatic heterocycles. The molecule has 1 amide bonds. The Morgan fingerprint density at radius 3 is 2.67 bits per heavy atom. The van der Waals surface area contributed by atoms with E-state index in [0.29, 0.717) is 16.3 Å². The predicted molar refractivity (Wildman–Crippen MR) is 75.0 cm³/mol. The molecule has 0 saturated heterocycles. The van der Waals surface area contributed by atoms with Crippen LogP contribution in [0.2, 0.25) is 5.02 Å². The van der Waals surface area contributed by atoms with Crippen molar-refractivity contribution in [2.45, 2.75) is 6.92 Å². The second kappa shape index (κ2) is 5.10. The average molecular weight is 261 g/mol. The number of nitrogens with two attached hydrogens (primary N) is 1. The summed E-state index contributed by atoms with van der Waals surface area (Å²) in [6, 6.07) is 12.4. The van der Waals surface area contributed by atoms with Gasteiger partial charge in [-0.3, -0.25) is 4.79 Å². The fraction of sp³-hybridized carbons (Fsp3) is 0.0714. The average Bonchev–Trinajstić information content (AvgIpc) is 2.32. The van der Waals surface area contributed by atoms with Crippen molar-refractivity contribution in [1.82, 2.24) is 0 Å². The molecule has 0 heterocycles. The Balaban J connectivity index is 2.19. The van der Waals surface area contributed by atoms with Crippen LogP contribution in [0, 0.1) is 6.92 Å². The lowest BCUT2D eigenvalue weighted by molar-refractivity contribution is 0.102. The fourth-order valence-corrected chi connectivity index (χ4v) is 1.73. The van der Waals surface area contributed by atoms with Gasteiger partial charge in [0, 0.05) is 11.3 Å². The molecule has 2 aromatic rings. The Kier molecular flexibility index (Phi) is 3.53. The normalized spacial score (nSPS) is 10.1.